The molecule has 0 saturated carbocycles. The van der Waals surface area contributed by atoms with E-state index in [1.54, 1.807) is 29.7 Å². The standard InChI is InChI=1S/C23H29N5O3S/c1-15-16(2)32-22-20(15)21(25-19(26-22)14-27-9-12-30-13-10-27)24-17-5-7-28(8-6-17)23(29)18-4-3-11-31-18/h3-4,11,17H,5-10,12-14H2,1-2H3,(H,24,25,26). The summed E-state index contributed by atoms with van der Waals surface area (Å²) in [7, 11) is 0. The van der Waals surface area contributed by atoms with E-state index in [0.717, 1.165) is 67.5 Å². The molecule has 9 heteroatoms. The van der Waals surface area contributed by atoms with Gasteiger partial charge in [0.05, 0.1) is 31.4 Å². The largest absolute Gasteiger partial charge is 0.459 e. The fraction of sp³-hybridized carbons (Fsp3) is 0.522. The van der Waals surface area contributed by atoms with Crippen LogP contribution in [0.5, 0.6) is 0 Å². The van der Waals surface area contributed by atoms with Gasteiger partial charge in [0.1, 0.15) is 16.5 Å². The van der Waals surface area contributed by atoms with Crippen molar-refractivity contribution < 1.29 is 13.9 Å². The first-order chi connectivity index (χ1) is 15.6. The zero-order chi connectivity index (χ0) is 22.1. The van der Waals surface area contributed by atoms with Crippen molar-refractivity contribution in [3.8, 4) is 0 Å². The van der Waals surface area contributed by atoms with Crippen LogP contribution in [0.15, 0.2) is 22.8 Å². The number of hydrogen-bond donors (Lipinski definition) is 1. The van der Waals surface area contributed by atoms with Crippen LogP contribution >= 0.6 is 11.3 Å². The van der Waals surface area contributed by atoms with Crippen molar-refractivity contribution >= 4 is 33.3 Å². The lowest BCUT2D eigenvalue weighted by molar-refractivity contribution is 0.0331. The lowest BCUT2D eigenvalue weighted by Gasteiger charge is -2.32. The van der Waals surface area contributed by atoms with Crippen LogP contribution in [0, 0.1) is 13.8 Å². The first kappa shape index (κ1) is 21.4. The number of carbonyl (C=O) groups excluding carboxylic acids is 1. The summed E-state index contributed by atoms with van der Waals surface area (Å²) in [4.78, 5) is 29.0. The number of nitrogens with one attached hydrogen (secondary N) is 1. The third-order valence-corrected chi connectivity index (χ3v) is 7.50. The minimum absolute atomic E-state index is 0.0324. The molecule has 0 unspecified atom stereocenters. The molecule has 8 nitrogen and oxygen atoms in total. The molecule has 0 aromatic carbocycles. The number of thiophene rings is 1. The van der Waals surface area contributed by atoms with E-state index in [1.807, 2.05) is 4.90 Å². The van der Waals surface area contributed by atoms with Crippen LogP contribution in [-0.2, 0) is 11.3 Å². The normalized spacial score (nSPS) is 18.4. The average molecular weight is 456 g/mol. The van der Waals surface area contributed by atoms with Crippen LogP contribution in [0.1, 0.15) is 39.7 Å². The summed E-state index contributed by atoms with van der Waals surface area (Å²) < 4.78 is 10.7. The quantitative estimate of drug-likeness (QED) is 0.631. The zero-order valence-corrected chi connectivity index (χ0v) is 19.4. The van der Waals surface area contributed by atoms with E-state index in [9.17, 15) is 4.79 Å². The van der Waals surface area contributed by atoms with Crippen LogP contribution in [0.25, 0.3) is 10.2 Å². The Bertz CT molecular complexity index is 1080. The second-order valence-corrected chi connectivity index (χ2v) is 9.73. The molecule has 0 aliphatic carbocycles. The number of aromatic nitrogens is 2. The molecule has 5 heterocycles. The minimum atomic E-state index is -0.0324. The molecule has 32 heavy (non-hydrogen) atoms. The SMILES string of the molecule is Cc1sc2nc(CN3CCOCC3)nc(NC3CCN(C(=O)c4ccco4)CC3)c2c1C. The van der Waals surface area contributed by atoms with Crippen LogP contribution in [0.4, 0.5) is 5.82 Å². The molecular formula is C23H29N5O3S. The van der Waals surface area contributed by atoms with E-state index in [-0.39, 0.29) is 11.9 Å². The van der Waals surface area contributed by atoms with E-state index in [1.165, 1.54) is 10.4 Å². The van der Waals surface area contributed by atoms with Crippen LogP contribution < -0.4 is 5.32 Å². The van der Waals surface area contributed by atoms with Crippen molar-refractivity contribution in [3.05, 3.63) is 40.4 Å². The van der Waals surface area contributed by atoms with Gasteiger partial charge >= 0.3 is 0 Å². The highest BCUT2D eigenvalue weighted by atomic mass is 32.1. The Balaban J connectivity index is 1.32. The molecule has 1 N–H and O–H groups in total. The zero-order valence-electron chi connectivity index (χ0n) is 18.6. The van der Waals surface area contributed by atoms with Crippen molar-refractivity contribution in [2.24, 2.45) is 0 Å². The van der Waals surface area contributed by atoms with Crippen LogP contribution in [0.3, 0.4) is 0 Å². The number of rotatable bonds is 5. The first-order valence-corrected chi connectivity index (χ1v) is 12.1. The number of piperidine rings is 1. The van der Waals surface area contributed by atoms with Gasteiger partial charge < -0.3 is 19.4 Å². The molecule has 1 amide bonds. The van der Waals surface area contributed by atoms with Crippen molar-refractivity contribution in [3.63, 3.8) is 0 Å². The molecule has 0 radical (unpaired) electrons. The number of morpholine rings is 1. The van der Waals surface area contributed by atoms with Crippen LogP contribution in [-0.4, -0.2) is 71.1 Å². The highest BCUT2D eigenvalue weighted by molar-refractivity contribution is 7.18. The van der Waals surface area contributed by atoms with Gasteiger partial charge in [-0.05, 0) is 44.4 Å². The van der Waals surface area contributed by atoms with E-state index in [4.69, 9.17) is 19.1 Å². The van der Waals surface area contributed by atoms with E-state index in [2.05, 4.69) is 24.1 Å². The Morgan fingerprint density at radius 1 is 1.19 bits per heavy atom. The molecule has 170 valence electrons. The topological polar surface area (TPSA) is 83.7 Å². The number of carbonyl (C=O) groups is 1. The number of hydrogen-bond acceptors (Lipinski definition) is 8. The molecule has 0 atom stereocenters. The Morgan fingerprint density at radius 3 is 2.69 bits per heavy atom. The number of aryl methyl sites for hydroxylation is 2. The maximum atomic E-state index is 12.6. The molecule has 2 fully saturated rings. The lowest BCUT2D eigenvalue weighted by Crippen LogP contribution is -2.42. The second-order valence-electron chi connectivity index (χ2n) is 8.53. The van der Waals surface area contributed by atoms with Crippen molar-refractivity contribution in [2.45, 2.75) is 39.3 Å². The molecular weight excluding hydrogens is 426 g/mol. The lowest BCUT2D eigenvalue weighted by atomic mass is 10.0. The highest BCUT2D eigenvalue weighted by Crippen LogP contribution is 2.34. The maximum absolute atomic E-state index is 12.6. The number of nitrogens with zero attached hydrogens (tertiary/aromatic N) is 4. The van der Waals surface area contributed by atoms with Gasteiger partial charge in [-0.2, -0.15) is 0 Å². The van der Waals surface area contributed by atoms with Gasteiger partial charge in [-0.1, -0.05) is 0 Å². The number of likely N-dealkylation sites (tertiary alicyclic amines) is 1. The van der Waals surface area contributed by atoms with Gasteiger partial charge in [0.15, 0.2) is 5.76 Å². The van der Waals surface area contributed by atoms with Gasteiger partial charge in [-0.3, -0.25) is 9.69 Å². The highest BCUT2D eigenvalue weighted by Gasteiger charge is 2.26. The van der Waals surface area contributed by atoms with Gasteiger partial charge in [0.25, 0.3) is 5.91 Å². The predicted octanol–water partition coefficient (Wildman–Crippen LogP) is 3.45. The average Bonchev–Trinajstić information content (AvgIpc) is 3.43. The van der Waals surface area contributed by atoms with Gasteiger partial charge in [-0.25, -0.2) is 9.97 Å². The second kappa shape index (κ2) is 9.17. The third kappa shape index (κ3) is 4.37. The molecule has 3 aromatic heterocycles. The van der Waals surface area contributed by atoms with E-state index >= 15 is 0 Å². The number of fused-ring (bicyclic) bond motifs is 1. The van der Waals surface area contributed by atoms with Crippen molar-refractivity contribution in [1.82, 2.24) is 19.8 Å². The summed E-state index contributed by atoms with van der Waals surface area (Å²) in [6, 6.07) is 3.74. The Hall–Kier alpha value is -2.49. The number of ether oxygens (including phenoxy) is 1. The Kier molecular flexibility index (Phi) is 6.12. The monoisotopic (exact) mass is 455 g/mol. The Labute approximate surface area is 191 Å². The van der Waals surface area contributed by atoms with Crippen LogP contribution in [0.2, 0.25) is 0 Å². The fourth-order valence-corrected chi connectivity index (χ4v) is 5.45. The van der Waals surface area contributed by atoms with E-state index < -0.39 is 0 Å². The molecule has 2 saturated heterocycles. The summed E-state index contributed by atoms with van der Waals surface area (Å²) in [5.41, 5.74) is 1.25. The summed E-state index contributed by atoms with van der Waals surface area (Å²) in [5, 5.41) is 4.83. The summed E-state index contributed by atoms with van der Waals surface area (Å²) in [6.07, 6.45) is 3.29. The fourth-order valence-electron chi connectivity index (χ4n) is 4.40. The molecule has 2 aliphatic rings. The number of furan rings is 1. The van der Waals surface area contributed by atoms with Crippen molar-refractivity contribution in [2.75, 3.05) is 44.7 Å². The van der Waals surface area contributed by atoms with Gasteiger partial charge in [0, 0.05) is 37.1 Å². The minimum Gasteiger partial charge on any atom is -0.459 e. The number of amides is 1. The summed E-state index contributed by atoms with van der Waals surface area (Å²) in [6.45, 7) is 9.78. The Morgan fingerprint density at radius 2 is 1.97 bits per heavy atom. The molecule has 0 bridgehead atoms. The smallest absolute Gasteiger partial charge is 0.289 e. The molecule has 2 aliphatic heterocycles. The summed E-state index contributed by atoms with van der Waals surface area (Å²) >= 11 is 1.74. The molecule has 3 aromatic rings. The van der Waals surface area contributed by atoms with Gasteiger partial charge in [-0.15, -0.1) is 11.3 Å². The van der Waals surface area contributed by atoms with E-state index in [0.29, 0.717) is 18.8 Å². The summed E-state index contributed by atoms with van der Waals surface area (Å²) in [5.74, 6) is 2.16. The third-order valence-electron chi connectivity index (χ3n) is 6.40. The maximum Gasteiger partial charge on any atom is 0.289 e. The molecule has 5 rings (SSSR count). The number of anilines is 1. The predicted molar refractivity (Wildman–Crippen MR) is 124 cm³/mol. The van der Waals surface area contributed by atoms with Crippen molar-refractivity contribution in [1.29, 1.82) is 0 Å². The molecule has 0 spiro atoms. The first-order valence-electron chi connectivity index (χ1n) is 11.2. The van der Waals surface area contributed by atoms with Gasteiger partial charge in [0.2, 0.25) is 0 Å².